The van der Waals surface area contributed by atoms with Crippen molar-refractivity contribution in [2.75, 3.05) is 0 Å². The van der Waals surface area contributed by atoms with E-state index in [9.17, 15) is 0 Å². The summed E-state index contributed by atoms with van der Waals surface area (Å²) < 4.78 is 0. The van der Waals surface area contributed by atoms with Gasteiger partial charge in [-0.05, 0) is 48.6 Å². The van der Waals surface area contributed by atoms with Gasteiger partial charge in [-0.25, -0.2) is 0 Å². The van der Waals surface area contributed by atoms with Gasteiger partial charge >= 0.3 is 0 Å². The summed E-state index contributed by atoms with van der Waals surface area (Å²) in [5.74, 6) is 1.55. The molecule has 0 spiro atoms. The van der Waals surface area contributed by atoms with Crippen LogP contribution in [0.4, 0.5) is 0 Å². The quantitative estimate of drug-likeness (QED) is 0.803. The highest BCUT2D eigenvalue weighted by Gasteiger charge is 2.22. The summed E-state index contributed by atoms with van der Waals surface area (Å²) in [4.78, 5) is 0. The topological polar surface area (TPSA) is 26.0 Å². The van der Waals surface area contributed by atoms with Crippen molar-refractivity contribution in [3.8, 4) is 0 Å². The molecule has 88 valence electrons. The van der Waals surface area contributed by atoms with Crippen molar-refractivity contribution < 1.29 is 0 Å². The van der Waals surface area contributed by atoms with Crippen molar-refractivity contribution in [1.29, 1.82) is 0 Å². The van der Waals surface area contributed by atoms with Crippen LogP contribution in [0.1, 0.15) is 50.2 Å². The van der Waals surface area contributed by atoms with Gasteiger partial charge in [0.25, 0.3) is 0 Å². The molecular formula is C15H23N. The van der Waals surface area contributed by atoms with Gasteiger partial charge in [-0.1, -0.05) is 38.1 Å². The minimum absolute atomic E-state index is 0.312. The van der Waals surface area contributed by atoms with Gasteiger partial charge in [-0.2, -0.15) is 0 Å². The Morgan fingerprint density at radius 3 is 2.31 bits per heavy atom. The van der Waals surface area contributed by atoms with E-state index in [2.05, 4.69) is 38.1 Å². The minimum Gasteiger partial charge on any atom is -0.327 e. The summed E-state index contributed by atoms with van der Waals surface area (Å²) in [6.07, 6.45) is 4.89. The van der Waals surface area contributed by atoms with Crippen molar-refractivity contribution in [3.63, 3.8) is 0 Å². The number of nitrogens with two attached hydrogens (primary N) is 1. The smallest absolute Gasteiger partial charge is 0.00817 e. The van der Waals surface area contributed by atoms with Crippen molar-refractivity contribution in [3.05, 3.63) is 35.4 Å². The molecule has 2 rings (SSSR count). The van der Waals surface area contributed by atoms with Crippen LogP contribution in [0.5, 0.6) is 0 Å². The fourth-order valence-corrected chi connectivity index (χ4v) is 2.33. The van der Waals surface area contributed by atoms with Crippen LogP contribution in [0, 0.1) is 5.92 Å². The fourth-order valence-electron chi connectivity index (χ4n) is 2.33. The van der Waals surface area contributed by atoms with Gasteiger partial charge < -0.3 is 5.73 Å². The standard InChI is InChI=1S/C15H23N/c1-11(2)9-15(16)10-12-3-5-13(6-4-12)14-7-8-14/h3-6,11,14-15H,7-10,16H2,1-2H3. The van der Waals surface area contributed by atoms with E-state index in [1.165, 1.54) is 24.0 Å². The van der Waals surface area contributed by atoms with E-state index in [0.717, 1.165) is 18.8 Å². The average Bonchev–Trinajstić information content (AvgIpc) is 3.00. The Morgan fingerprint density at radius 1 is 1.19 bits per heavy atom. The van der Waals surface area contributed by atoms with Crippen LogP contribution in [0.15, 0.2) is 24.3 Å². The molecule has 0 radical (unpaired) electrons. The van der Waals surface area contributed by atoms with Gasteiger partial charge in [0, 0.05) is 6.04 Å². The highest BCUT2D eigenvalue weighted by atomic mass is 14.6. The molecular weight excluding hydrogens is 194 g/mol. The monoisotopic (exact) mass is 217 g/mol. The molecule has 0 heterocycles. The van der Waals surface area contributed by atoms with Gasteiger partial charge in [0.2, 0.25) is 0 Å². The summed E-state index contributed by atoms with van der Waals surface area (Å²) in [6, 6.07) is 9.40. The molecule has 1 aliphatic carbocycles. The number of benzene rings is 1. The normalized spacial score (nSPS) is 17.8. The maximum Gasteiger partial charge on any atom is 0.00817 e. The maximum absolute atomic E-state index is 6.12. The Labute approximate surface area is 99.0 Å². The van der Waals surface area contributed by atoms with E-state index in [1.54, 1.807) is 0 Å². The summed E-state index contributed by atoms with van der Waals surface area (Å²) in [5, 5.41) is 0. The lowest BCUT2D eigenvalue weighted by Gasteiger charge is -2.14. The molecule has 1 aromatic carbocycles. The second-order valence-electron chi connectivity index (χ2n) is 5.61. The van der Waals surface area contributed by atoms with E-state index in [1.807, 2.05) is 0 Å². The van der Waals surface area contributed by atoms with Crippen molar-refractivity contribution in [1.82, 2.24) is 0 Å². The zero-order valence-corrected chi connectivity index (χ0v) is 10.4. The van der Waals surface area contributed by atoms with Crippen LogP contribution < -0.4 is 5.73 Å². The lowest BCUT2D eigenvalue weighted by atomic mass is 9.97. The van der Waals surface area contributed by atoms with E-state index in [0.29, 0.717) is 12.0 Å². The van der Waals surface area contributed by atoms with Crippen LogP contribution in [0.25, 0.3) is 0 Å². The zero-order valence-electron chi connectivity index (χ0n) is 10.4. The van der Waals surface area contributed by atoms with Crippen LogP contribution >= 0.6 is 0 Å². The number of hydrogen-bond donors (Lipinski definition) is 1. The minimum atomic E-state index is 0.312. The van der Waals surface area contributed by atoms with E-state index in [4.69, 9.17) is 5.73 Å². The molecule has 1 fully saturated rings. The summed E-state index contributed by atoms with van der Waals surface area (Å²) >= 11 is 0. The average molecular weight is 217 g/mol. The van der Waals surface area contributed by atoms with E-state index in [-0.39, 0.29) is 0 Å². The molecule has 2 N–H and O–H groups in total. The first-order valence-electron chi connectivity index (χ1n) is 6.49. The summed E-state index contributed by atoms with van der Waals surface area (Å²) in [6.45, 7) is 4.46. The predicted molar refractivity (Wildman–Crippen MR) is 69.6 cm³/mol. The Hall–Kier alpha value is -0.820. The molecule has 16 heavy (non-hydrogen) atoms. The van der Waals surface area contributed by atoms with Crippen LogP contribution in [0.2, 0.25) is 0 Å². The third kappa shape index (κ3) is 3.34. The Bertz CT molecular complexity index is 322. The summed E-state index contributed by atoms with van der Waals surface area (Å²) in [5.41, 5.74) is 9.02. The Morgan fingerprint density at radius 2 is 1.81 bits per heavy atom. The molecule has 1 heteroatoms. The molecule has 0 amide bonds. The van der Waals surface area contributed by atoms with Crippen molar-refractivity contribution in [2.45, 2.75) is 51.5 Å². The highest BCUT2D eigenvalue weighted by Crippen LogP contribution is 2.39. The second-order valence-corrected chi connectivity index (χ2v) is 5.61. The molecule has 1 unspecified atom stereocenters. The Balaban J connectivity index is 1.88. The van der Waals surface area contributed by atoms with Gasteiger partial charge in [0.05, 0.1) is 0 Å². The molecule has 1 aromatic rings. The van der Waals surface area contributed by atoms with E-state index >= 15 is 0 Å². The van der Waals surface area contributed by atoms with Crippen LogP contribution in [-0.4, -0.2) is 6.04 Å². The highest BCUT2D eigenvalue weighted by molar-refractivity contribution is 5.28. The largest absolute Gasteiger partial charge is 0.327 e. The lowest BCUT2D eigenvalue weighted by molar-refractivity contribution is 0.493. The number of rotatable bonds is 5. The van der Waals surface area contributed by atoms with Crippen molar-refractivity contribution >= 4 is 0 Å². The molecule has 1 nitrogen and oxygen atoms in total. The van der Waals surface area contributed by atoms with Crippen LogP contribution in [0.3, 0.4) is 0 Å². The molecule has 1 aliphatic rings. The lowest BCUT2D eigenvalue weighted by Crippen LogP contribution is -2.24. The van der Waals surface area contributed by atoms with E-state index < -0.39 is 0 Å². The second kappa shape index (κ2) is 5.01. The molecule has 1 atom stereocenters. The first kappa shape index (κ1) is 11.7. The molecule has 0 saturated heterocycles. The first-order valence-corrected chi connectivity index (χ1v) is 6.49. The molecule has 1 saturated carbocycles. The third-order valence-electron chi connectivity index (χ3n) is 3.30. The predicted octanol–water partition coefficient (Wildman–Crippen LogP) is 3.48. The SMILES string of the molecule is CC(C)CC(N)Cc1ccc(C2CC2)cc1. The van der Waals surface area contributed by atoms with Gasteiger partial charge in [0.15, 0.2) is 0 Å². The van der Waals surface area contributed by atoms with Crippen LogP contribution in [-0.2, 0) is 6.42 Å². The summed E-state index contributed by atoms with van der Waals surface area (Å²) in [7, 11) is 0. The molecule has 0 aliphatic heterocycles. The zero-order chi connectivity index (χ0) is 11.5. The van der Waals surface area contributed by atoms with Crippen molar-refractivity contribution in [2.24, 2.45) is 11.7 Å². The number of hydrogen-bond acceptors (Lipinski definition) is 1. The van der Waals surface area contributed by atoms with Gasteiger partial charge in [-0.3, -0.25) is 0 Å². The van der Waals surface area contributed by atoms with Gasteiger partial charge in [-0.15, -0.1) is 0 Å². The third-order valence-corrected chi connectivity index (χ3v) is 3.30. The molecule has 0 aromatic heterocycles. The maximum atomic E-state index is 6.12. The Kier molecular flexibility index (Phi) is 3.65. The molecule has 0 bridgehead atoms. The first-order chi connectivity index (χ1) is 7.65. The van der Waals surface area contributed by atoms with Gasteiger partial charge in [0.1, 0.15) is 0 Å². The fraction of sp³-hybridized carbons (Fsp3) is 0.600.